The van der Waals surface area contributed by atoms with Crippen LogP contribution >= 0.6 is 23.4 Å². The summed E-state index contributed by atoms with van der Waals surface area (Å²) in [5.41, 5.74) is 1.68. The van der Waals surface area contributed by atoms with Gasteiger partial charge < -0.3 is 10.1 Å². The molecule has 3 rings (SSSR count). The van der Waals surface area contributed by atoms with Gasteiger partial charge in [0.1, 0.15) is 5.75 Å². The Morgan fingerprint density at radius 2 is 2.07 bits per heavy atom. The SMILES string of the molecule is CC[C@H](C)NC(=O)CSc1nc2ccccc2c(=O)n1-c1cc(C)c(Cl)cc1OC. The average Bonchev–Trinajstić information content (AvgIpc) is 2.74. The number of ether oxygens (including phenoxy) is 1. The maximum atomic E-state index is 13.4. The molecule has 1 N–H and O–H groups in total. The van der Waals surface area contributed by atoms with Crippen molar-refractivity contribution in [2.24, 2.45) is 0 Å². The van der Waals surface area contributed by atoms with Crippen LogP contribution in [0.4, 0.5) is 0 Å². The number of nitrogens with one attached hydrogen (secondary N) is 1. The first-order chi connectivity index (χ1) is 14.3. The molecule has 0 aliphatic heterocycles. The number of amides is 1. The monoisotopic (exact) mass is 445 g/mol. The maximum Gasteiger partial charge on any atom is 0.266 e. The van der Waals surface area contributed by atoms with Gasteiger partial charge in [-0.15, -0.1) is 0 Å². The Labute approximate surface area is 184 Å². The van der Waals surface area contributed by atoms with Gasteiger partial charge in [0.05, 0.1) is 29.5 Å². The van der Waals surface area contributed by atoms with E-state index in [1.807, 2.05) is 26.8 Å². The number of para-hydroxylation sites is 1. The minimum Gasteiger partial charge on any atom is -0.495 e. The second-order valence-corrected chi connectivity index (χ2v) is 8.34. The number of thioether (sulfide) groups is 1. The lowest BCUT2D eigenvalue weighted by atomic mass is 10.2. The van der Waals surface area contributed by atoms with E-state index >= 15 is 0 Å². The predicted molar refractivity (Wildman–Crippen MR) is 122 cm³/mol. The number of rotatable bonds is 7. The largest absolute Gasteiger partial charge is 0.495 e. The molecule has 0 radical (unpaired) electrons. The van der Waals surface area contributed by atoms with Gasteiger partial charge >= 0.3 is 0 Å². The number of fused-ring (bicyclic) bond motifs is 1. The highest BCUT2D eigenvalue weighted by atomic mass is 35.5. The number of hydrogen-bond acceptors (Lipinski definition) is 5. The summed E-state index contributed by atoms with van der Waals surface area (Å²) in [7, 11) is 1.52. The van der Waals surface area contributed by atoms with Crippen LogP contribution in [0.1, 0.15) is 25.8 Å². The number of aryl methyl sites for hydroxylation is 1. The fourth-order valence-electron chi connectivity index (χ4n) is 2.96. The smallest absolute Gasteiger partial charge is 0.266 e. The maximum absolute atomic E-state index is 13.4. The molecule has 30 heavy (non-hydrogen) atoms. The lowest BCUT2D eigenvalue weighted by Gasteiger charge is -2.17. The molecule has 0 fully saturated rings. The Hall–Kier alpha value is -2.51. The third-order valence-corrected chi connectivity index (χ3v) is 6.14. The molecular formula is C22H24ClN3O3S. The van der Waals surface area contributed by atoms with Crippen molar-refractivity contribution in [2.75, 3.05) is 12.9 Å². The zero-order chi connectivity index (χ0) is 21.8. The van der Waals surface area contributed by atoms with Crippen LogP contribution in [-0.2, 0) is 4.79 Å². The van der Waals surface area contributed by atoms with Crippen molar-refractivity contribution < 1.29 is 9.53 Å². The molecule has 6 nitrogen and oxygen atoms in total. The van der Waals surface area contributed by atoms with E-state index < -0.39 is 0 Å². The highest BCUT2D eigenvalue weighted by Crippen LogP contribution is 2.31. The van der Waals surface area contributed by atoms with Crippen LogP contribution in [0.3, 0.4) is 0 Å². The summed E-state index contributed by atoms with van der Waals surface area (Å²) in [6.07, 6.45) is 0.844. The van der Waals surface area contributed by atoms with Gasteiger partial charge in [0.2, 0.25) is 5.91 Å². The molecule has 0 unspecified atom stereocenters. The molecule has 158 valence electrons. The summed E-state index contributed by atoms with van der Waals surface area (Å²) in [6.45, 7) is 5.82. The van der Waals surface area contributed by atoms with E-state index in [-0.39, 0.29) is 23.3 Å². The molecule has 0 aliphatic carbocycles. The van der Waals surface area contributed by atoms with E-state index in [2.05, 4.69) is 10.3 Å². The Bertz CT molecular complexity index is 1150. The number of carbonyl (C=O) groups is 1. The number of hydrogen-bond donors (Lipinski definition) is 1. The van der Waals surface area contributed by atoms with Gasteiger partial charge in [-0.3, -0.25) is 14.2 Å². The third-order valence-electron chi connectivity index (χ3n) is 4.80. The second-order valence-electron chi connectivity index (χ2n) is 6.99. The molecule has 8 heteroatoms. The molecule has 0 saturated carbocycles. The first-order valence-corrected chi connectivity index (χ1v) is 11.0. The minimum absolute atomic E-state index is 0.0869. The number of carbonyl (C=O) groups excluding carboxylic acids is 1. The van der Waals surface area contributed by atoms with Crippen LogP contribution < -0.4 is 15.6 Å². The zero-order valence-electron chi connectivity index (χ0n) is 17.4. The summed E-state index contributed by atoms with van der Waals surface area (Å²) < 4.78 is 6.98. The molecule has 0 saturated heterocycles. The number of nitrogens with zero attached hydrogens (tertiary/aromatic N) is 2. The molecule has 0 aliphatic rings. The second kappa shape index (κ2) is 9.53. The summed E-state index contributed by atoms with van der Waals surface area (Å²) in [6, 6.07) is 10.7. The fraction of sp³-hybridized carbons (Fsp3) is 0.318. The van der Waals surface area contributed by atoms with Crippen LogP contribution in [0.5, 0.6) is 5.75 Å². The molecule has 1 atom stereocenters. The Balaban J connectivity index is 2.14. The van der Waals surface area contributed by atoms with Gasteiger partial charge in [-0.2, -0.15) is 0 Å². The van der Waals surface area contributed by atoms with Crippen LogP contribution in [-0.4, -0.2) is 34.4 Å². The number of aromatic nitrogens is 2. The van der Waals surface area contributed by atoms with Gasteiger partial charge in [0.15, 0.2) is 5.16 Å². The first kappa shape index (κ1) is 22.2. The number of benzene rings is 2. The van der Waals surface area contributed by atoms with Gasteiger partial charge in [-0.05, 0) is 44.0 Å². The minimum atomic E-state index is -0.231. The van der Waals surface area contributed by atoms with Crippen molar-refractivity contribution in [3.63, 3.8) is 0 Å². The van der Waals surface area contributed by atoms with Crippen molar-refractivity contribution in [2.45, 2.75) is 38.4 Å². The Morgan fingerprint density at radius 3 is 2.77 bits per heavy atom. The van der Waals surface area contributed by atoms with Crippen LogP contribution in [0, 0.1) is 6.92 Å². The fourth-order valence-corrected chi connectivity index (χ4v) is 3.93. The van der Waals surface area contributed by atoms with Crippen molar-refractivity contribution >= 4 is 40.2 Å². The van der Waals surface area contributed by atoms with E-state index in [1.54, 1.807) is 30.3 Å². The van der Waals surface area contributed by atoms with E-state index in [4.69, 9.17) is 16.3 Å². The summed E-state index contributed by atoms with van der Waals surface area (Å²) in [5.74, 6) is 0.488. The van der Waals surface area contributed by atoms with E-state index in [0.29, 0.717) is 32.5 Å². The van der Waals surface area contributed by atoms with Gasteiger partial charge in [0.25, 0.3) is 5.56 Å². The van der Waals surface area contributed by atoms with E-state index in [0.717, 1.165) is 12.0 Å². The lowest BCUT2D eigenvalue weighted by Crippen LogP contribution is -2.33. The molecule has 0 bridgehead atoms. The molecule has 3 aromatic rings. The van der Waals surface area contributed by atoms with Gasteiger partial charge in [0, 0.05) is 17.1 Å². The van der Waals surface area contributed by atoms with Gasteiger partial charge in [-0.1, -0.05) is 42.4 Å². The van der Waals surface area contributed by atoms with Crippen molar-refractivity contribution in [1.82, 2.24) is 14.9 Å². The van der Waals surface area contributed by atoms with E-state index in [1.165, 1.54) is 23.4 Å². The highest BCUT2D eigenvalue weighted by molar-refractivity contribution is 7.99. The van der Waals surface area contributed by atoms with Crippen LogP contribution in [0.2, 0.25) is 5.02 Å². The van der Waals surface area contributed by atoms with Crippen LogP contribution in [0.15, 0.2) is 46.3 Å². The van der Waals surface area contributed by atoms with Crippen LogP contribution in [0.25, 0.3) is 16.6 Å². The predicted octanol–water partition coefficient (Wildman–Crippen LogP) is 4.36. The molecule has 1 amide bonds. The Kier molecular flexibility index (Phi) is 7.05. The van der Waals surface area contributed by atoms with Crippen molar-refractivity contribution in [3.05, 3.63) is 57.3 Å². The van der Waals surface area contributed by atoms with E-state index in [9.17, 15) is 9.59 Å². The zero-order valence-corrected chi connectivity index (χ0v) is 18.9. The van der Waals surface area contributed by atoms with Crippen molar-refractivity contribution in [3.8, 4) is 11.4 Å². The first-order valence-electron chi connectivity index (χ1n) is 9.64. The summed E-state index contributed by atoms with van der Waals surface area (Å²) in [4.78, 5) is 30.4. The normalized spacial score (nSPS) is 12.0. The quantitative estimate of drug-likeness (QED) is 0.432. The third kappa shape index (κ3) is 4.63. The van der Waals surface area contributed by atoms with Gasteiger partial charge in [-0.25, -0.2) is 4.98 Å². The molecule has 1 aromatic heterocycles. The molecule has 0 spiro atoms. The number of methoxy groups -OCH3 is 1. The average molecular weight is 446 g/mol. The summed E-state index contributed by atoms with van der Waals surface area (Å²) in [5, 5.41) is 4.38. The molecule has 2 aromatic carbocycles. The molecular weight excluding hydrogens is 422 g/mol. The molecule has 1 heterocycles. The number of halogens is 1. The topological polar surface area (TPSA) is 73.2 Å². The standard InChI is InChI=1S/C22H24ClN3O3S/c1-5-14(3)24-20(27)12-30-22-25-17-9-7-6-8-15(17)21(28)26(22)18-10-13(2)16(23)11-19(18)29-4/h6-11,14H,5,12H2,1-4H3,(H,24,27)/t14-/m0/s1. The highest BCUT2D eigenvalue weighted by Gasteiger charge is 2.19. The lowest BCUT2D eigenvalue weighted by molar-refractivity contribution is -0.119. The Morgan fingerprint density at radius 1 is 1.33 bits per heavy atom. The summed E-state index contributed by atoms with van der Waals surface area (Å²) >= 11 is 7.46. The van der Waals surface area contributed by atoms with Crippen molar-refractivity contribution in [1.29, 1.82) is 0 Å².